The molecule has 8 heteroatoms. The fourth-order valence-electron chi connectivity index (χ4n) is 2.24. The first-order chi connectivity index (χ1) is 11.0. The topological polar surface area (TPSA) is 87.2 Å². The highest BCUT2D eigenvalue weighted by molar-refractivity contribution is 7.18. The standard InChI is InChI=1S/C15H15N3O4S/c1-4-21-15(20)11-5-10(22-17-11)6-18-7-16-13-12(14(18)19)8(2)9(3)23-13/h5,7H,4,6H2,1-3H3. The predicted octanol–water partition coefficient (Wildman–Crippen LogP) is 2.29. The molecule has 0 aliphatic rings. The number of hydrogen-bond acceptors (Lipinski definition) is 7. The van der Waals surface area contributed by atoms with E-state index in [0.29, 0.717) is 11.1 Å². The lowest BCUT2D eigenvalue weighted by molar-refractivity contribution is 0.0514. The number of nitrogens with zero attached hydrogens (tertiary/aromatic N) is 3. The Hall–Kier alpha value is -2.48. The molecule has 0 radical (unpaired) electrons. The van der Waals surface area contributed by atoms with Gasteiger partial charge in [-0.3, -0.25) is 9.36 Å². The highest BCUT2D eigenvalue weighted by Gasteiger charge is 2.16. The van der Waals surface area contributed by atoms with Gasteiger partial charge in [-0.05, 0) is 26.3 Å². The molecule has 3 aromatic heterocycles. The summed E-state index contributed by atoms with van der Waals surface area (Å²) in [6.45, 7) is 6.01. The zero-order chi connectivity index (χ0) is 16.6. The van der Waals surface area contributed by atoms with Crippen LogP contribution in [0.25, 0.3) is 10.2 Å². The van der Waals surface area contributed by atoms with Crippen LogP contribution in [0.2, 0.25) is 0 Å². The summed E-state index contributed by atoms with van der Waals surface area (Å²) >= 11 is 1.50. The van der Waals surface area contributed by atoms with Gasteiger partial charge in [-0.25, -0.2) is 9.78 Å². The Bertz CT molecular complexity index is 938. The fourth-order valence-corrected chi connectivity index (χ4v) is 3.23. The molecule has 3 aromatic rings. The largest absolute Gasteiger partial charge is 0.461 e. The summed E-state index contributed by atoms with van der Waals surface area (Å²) in [4.78, 5) is 30.3. The van der Waals surface area contributed by atoms with Crippen LogP contribution in [-0.4, -0.2) is 27.3 Å². The van der Waals surface area contributed by atoms with Gasteiger partial charge in [-0.1, -0.05) is 5.16 Å². The average molecular weight is 333 g/mol. The quantitative estimate of drug-likeness (QED) is 0.681. The Kier molecular flexibility index (Phi) is 3.99. The highest BCUT2D eigenvalue weighted by atomic mass is 32.1. The van der Waals surface area contributed by atoms with Gasteiger partial charge in [0, 0.05) is 10.9 Å². The molecular weight excluding hydrogens is 318 g/mol. The van der Waals surface area contributed by atoms with E-state index >= 15 is 0 Å². The zero-order valence-corrected chi connectivity index (χ0v) is 13.8. The summed E-state index contributed by atoms with van der Waals surface area (Å²) in [6, 6.07) is 1.47. The molecule has 0 N–H and O–H groups in total. The Morgan fingerprint density at radius 2 is 2.22 bits per heavy atom. The lowest BCUT2D eigenvalue weighted by Crippen LogP contribution is -2.20. The predicted molar refractivity (Wildman–Crippen MR) is 84.9 cm³/mol. The van der Waals surface area contributed by atoms with Crippen LogP contribution in [-0.2, 0) is 11.3 Å². The van der Waals surface area contributed by atoms with E-state index < -0.39 is 5.97 Å². The number of rotatable bonds is 4. The third kappa shape index (κ3) is 2.77. The molecule has 3 rings (SSSR count). The van der Waals surface area contributed by atoms with Crippen LogP contribution in [0.5, 0.6) is 0 Å². The number of ether oxygens (including phenoxy) is 1. The number of aromatic nitrogens is 3. The van der Waals surface area contributed by atoms with Gasteiger partial charge in [0.25, 0.3) is 5.56 Å². The summed E-state index contributed by atoms with van der Waals surface area (Å²) in [5.41, 5.74) is 0.902. The van der Waals surface area contributed by atoms with E-state index in [1.54, 1.807) is 6.92 Å². The van der Waals surface area contributed by atoms with Crippen molar-refractivity contribution in [3.8, 4) is 0 Å². The van der Waals surface area contributed by atoms with Crippen LogP contribution in [0, 0.1) is 13.8 Å². The maximum Gasteiger partial charge on any atom is 0.360 e. The van der Waals surface area contributed by atoms with Crippen LogP contribution in [0.4, 0.5) is 0 Å². The highest BCUT2D eigenvalue weighted by Crippen LogP contribution is 2.25. The van der Waals surface area contributed by atoms with Crippen molar-refractivity contribution >= 4 is 27.5 Å². The van der Waals surface area contributed by atoms with Gasteiger partial charge in [0.05, 0.1) is 24.9 Å². The van der Waals surface area contributed by atoms with Gasteiger partial charge in [0.2, 0.25) is 0 Å². The first-order valence-corrected chi connectivity index (χ1v) is 7.90. The minimum absolute atomic E-state index is 0.0893. The second kappa shape index (κ2) is 5.96. The molecule has 0 aliphatic carbocycles. The molecule has 7 nitrogen and oxygen atoms in total. The van der Waals surface area contributed by atoms with Crippen molar-refractivity contribution in [1.29, 1.82) is 0 Å². The van der Waals surface area contributed by atoms with Crippen LogP contribution in [0.1, 0.15) is 33.6 Å². The van der Waals surface area contributed by atoms with Crippen molar-refractivity contribution in [1.82, 2.24) is 14.7 Å². The number of hydrogen-bond donors (Lipinski definition) is 0. The molecule has 0 aromatic carbocycles. The summed E-state index contributed by atoms with van der Waals surface area (Å²) < 4.78 is 11.4. The second-order valence-corrected chi connectivity index (χ2v) is 6.24. The van der Waals surface area contributed by atoms with E-state index in [-0.39, 0.29) is 24.4 Å². The first kappa shape index (κ1) is 15.4. The lowest BCUT2D eigenvalue weighted by Gasteiger charge is -2.02. The Morgan fingerprint density at radius 3 is 2.96 bits per heavy atom. The van der Waals surface area contributed by atoms with Crippen LogP contribution in [0.3, 0.4) is 0 Å². The Balaban J connectivity index is 1.93. The lowest BCUT2D eigenvalue weighted by atomic mass is 10.2. The van der Waals surface area contributed by atoms with Gasteiger partial charge in [0.15, 0.2) is 11.5 Å². The van der Waals surface area contributed by atoms with Crippen molar-refractivity contribution in [3.63, 3.8) is 0 Å². The molecule has 0 bridgehead atoms. The van der Waals surface area contributed by atoms with Crippen LogP contribution in [0.15, 0.2) is 21.7 Å². The van der Waals surface area contributed by atoms with Gasteiger partial charge in [-0.15, -0.1) is 11.3 Å². The number of carbonyl (C=O) groups is 1. The summed E-state index contributed by atoms with van der Waals surface area (Å²) in [7, 11) is 0. The third-order valence-electron chi connectivity index (χ3n) is 3.53. The van der Waals surface area contributed by atoms with E-state index in [0.717, 1.165) is 15.3 Å². The monoisotopic (exact) mass is 333 g/mol. The fraction of sp³-hybridized carbons (Fsp3) is 0.333. The minimum Gasteiger partial charge on any atom is -0.461 e. The number of esters is 1. The Labute approximate surface area is 135 Å². The smallest absolute Gasteiger partial charge is 0.360 e. The molecule has 0 saturated heterocycles. The van der Waals surface area contributed by atoms with E-state index in [2.05, 4.69) is 10.1 Å². The molecule has 23 heavy (non-hydrogen) atoms. The molecule has 0 aliphatic heterocycles. The maximum absolute atomic E-state index is 12.6. The number of aryl methyl sites for hydroxylation is 2. The van der Waals surface area contributed by atoms with Gasteiger partial charge >= 0.3 is 5.97 Å². The van der Waals surface area contributed by atoms with E-state index in [1.165, 1.54) is 28.3 Å². The van der Waals surface area contributed by atoms with Gasteiger partial charge in [0.1, 0.15) is 4.83 Å². The first-order valence-electron chi connectivity index (χ1n) is 7.09. The molecule has 0 atom stereocenters. The van der Waals surface area contributed by atoms with E-state index in [9.17, 15) is 9.59 Å². The summed E-state index contributed by atoms with van der Waals surface area (Å²) in [5.74, 6) is -0.159. The van der Waals surface area contributed by atoms with Gasteiger partial charge in [-0.2, -0.15) is 0 Å². The van der Waals surface area contributed by atoms with Crippen LogP contribution < -0.4 is 5.56 Å². The van der Waals surface area contributed by atoms with E-state index in [4.69, 9.17) is 9.26 Å². The van der Waals surface area contributed by atoms with Gasteiger partial charge < -0.3 is 9.26 Å². The number of carbonyl (C=O) groups excluding carboxylic acids is 1. The molecule has 0 spiro atoms. The van der Waals surface area contributed by atoms with Crippen molar-refractivity contribution in [2.75, 3.05) is 6.61 Å². The number of thiophene rings is 1. The average Bonchev–Trinajstić information content (AvgIpc) is 3.09. The maximum atomic E-state index is 12.6. The molecule has 3 heterocycles. The van der Waals surface area contributed by atoms with Crippen molar-refractivity contribution in [2.24, 2.45) is 0 Å². The summed E-state index contributed by atoms with van der Waals surface area (Å²) in [5, 5.41) is 4.29. The van der Waals surface area contributed by atoms with E-state index in [1.807, 2.05) is 13.8 Å². The SMILES string of the molecule is CCOC(=O)c1cc(Cn2cnc3sc(C)c(C)c3c2=O)on1. The van der Waals surface area contributed by atoms with Crippen LogP contribution >= 0.6 is 11.3 Å². The molecule has 120 valence electrons. The molecule has 0 fully saturated rings. The second-order valence-electron chi connectivity index (χ2n) is 5.04. The molecule has 0 amide bonds. The summed E-state index contributed by atoms with van der Waals surface area (Å²) in [6.07, 6.45) is 1.48. The van der Waals surface area contributed by atoms with Crippen molar-refractivity contribution in [3.05, 3.63) is 44.6 Å². The Morgan fingerprint density at radius 1 is 1.43 bits per heavy atom. The molecular formula is C15H15N3O4S. The van der Waals surface area contributed by atoms with Crippen molar-refractivity contribution < 1.29 is 14.1 Å². The molecule has 0 saturated carbocycles. The number of fused-ring (bicyclic) bond motifs is 1. The van der Waals surface area contributed by atoms with Crippen molar-refractivity contribution in [2.45, 2.75) is 27.3 Å². The normalized spacial score (nSPS) is 11.1. The zero-order valence-electron chi connectivity index (χ0n) is 13.0. The minimum atomic E-state index is -0.548. The third-order valence-corrected chi connectivity index (χ3v) is 4.64. The molecule has 0 unspecified atom stereocenters.